The smallest absolute Gasteiger partial charge is 0.123 e. The van der Waals surface area contributed by atoms with Crippen LogP contribution in [-0.4, -0.2) is 5.11 Å². The van der Waals surface area contributed by atoms with Crippen LogP contribution >= 0.6 is 0 Å². The van der Waals surface area contributed by atoms with Crippen molar-refractivity contribution in [2.75, 3.05) is 0 Å². The molecule has 0 aliphatic rings. The molecule has 0 spiro atoms. The molecule has 1 nitrogen and oxygen atoms in total. The van der Waals surface area contributed by atoms with Crippen molar-refractivity contribution in [1.82, 2.24) is 0 Å². The Bertz CT molecular complexity index is 469. The number of aromatic hydroxyl groups is 1. The van der Waals surface area contributed by atoms with Gasteiger partial charge in [0.2, 0.25) is 0 Å². The number of hydrogen-bond donors (Lipinski definition) is 1. The predicted molar refractivity (Wildman–Crippen MR) is 63.6 cm³/mol. The fourth-order valence-corrected chi connectivity index (χ4v) is 1.52. The minimum atomic E-state index is 0.309. The van der Waals surface area contributed by atoms with Crippen LogP contribution in [0, 0.1) is 0 Å². The summed E-state index contributed by atoms with van der Waals surface area (Å²) in [7, 11) is 0. The zero-order valence-corrected chi connectivity index (χ0v) is 8.35. The summed E-state index contributed by atoms with van der Waals surface area (Å²) < 4.78 is 0. The van der Waals surface area contributed by atoms with Crippen LogP contribution in [0.5, 0.6) is 5.75 Å². The molecule has 0 aromatic heterocycles. The van der Waals surface area contributed by atoms with E-state index in [-0.39, 0.29) is 0 Å². The van der Waals surface area contributed by atoms with E-state index in [9.17, 15) is 5.11 Å². The van der Waals surface area contributed by atoms with Crippen LogP contribution < -0.4 is 0 Å². The van der Waals surface area contributed by atoms with Crippen molar-refractivity contribution in [1.29, 1.82) is 0 Å². The van der Waals surface area contributed by atoms with Gasteiger partial charge in [-0.25, -0.2) is 0 Å². The molecule has 0 atom stereocenters. The summed E-state index contributed by atoms with van der Waals surface area (Å²) in [5.41, 5.74) is 2.95. The molecule has 0 amide bonds. The molecule has 0 heterocycles. The summed E-state index contributed by atoms with van der Waals surface area (Å²) in [6.07, 6.45) is 1.80. The molecule has 0 saturated carbocycles. The van der Waals surface area contributed by atoms with Crippen LogP contribution in [0.3, 0.4) is 0 Å². The highest BCUT2D eigenvalue weighted by atomic mass is 16.3. The summed E-state index contributed by atoms with van der Waals surface area (Å²) in [6.45, 7) is 3.70. The first-order valence-corrected chi connectivity index (χ1v) is 4.82. The summed E-state index contributed by atoms with van der Waals surface area (Å²) in [5, 5.41) is 9.67. The fourth-order valence-electron chi connectivity index (χ4n) is 1.52. The van der Waals surface area contributed by atoms with Gasteiger partial charge in [0, 0.05) is 5.56 Å². The molecule has 0 fully saturated rings. The molecule has 1 heteroatoms. The lowest BCUT2D eigenvalue weighted by Gasteiger charge is -2.04. The predicted octanol–water partition coefficient (Wildman–Crippen LogP) is 3.70. The standard InChI is InChI=1S/C14H12O/c1-2-11-7-9-12(10-8-11)13-5-3-4-6-14(13)15/h2-10,15H,1H2. The molecular weight excluding hydrogens is 184 g/mol. The largest absolute Gasteiger partial charge is 0.507 e. The maximum Gasteiger partial charge on any atom is 0.123 e. The van der Waals surface area contributed by atoms with E-state index in [1.165, 1.54) is 0 Å². The lowest BCUT2D eigenvalue weighted by atomic mass is 10.0. The van der Waals surface area contributed by atoms with Crippen molar-refractivity contribution in [2.24, 2.45) is 0 Å². The SMILES string of the molecule is C=Cc1ccc(-c2ccccc2O)cc1. The molecule has 2 rings (SSSR count). The van der Waals surface area contributed by atoms with Crippen LogP contribution in [0.25, 0.3) is 17.2 Å². The quantitative estimate of drug-likeness (QED) is 0.776. The summed E-state index contributed by atoms with van der Waals surface area (Å²) in [4.78, 5) is 0. The van der Waals surface area contributed by atoms with Crippen molar-refractivity contribution in [2.45, 2.75) is 0 Å². The van der Waals surface area contributed by atoms with Crippen molar-refractivity contribution in [3.8, 4) is 16.9 Å². The van der Waals surface area contributed by atoms with Gasteiger partial charge in [0.1, 0.15) is 5.75 Å². The molecule has 0 unspecified atom stereocenters. The van der Waals surface area contributed by atoms with E-state index >= 15 is 0 Å². The van der Waals surface area contributed by atoms with Crippen LogP contribution in [0.4, 0.5) is 0 Å². The van der Waals surface area contributed by atoms with Gasteiger partial charge >= 0.3 is 0 Å². The molecule has 2 aromatic carbocycles. The highest BCUT2D eigenvalue weighted by Crippen LogP contribution is 2.28. The number of benzene rings is 2. The van der Waals surface area contributed by atoms with Crippen LogP contribution in [-0.2, 0) is 0 Å². The van der Waals surface area contributed by atoms with E-state index in [1.807, 2.05) is 42.5 Å². The number of phenolic OH excluding ortho intramolecular Hbond substituents is 1. The van der Waals surface area contributed by atoms with Gasteiger partial charge in [-0.15, -0.1) is 0 Å². The molecule has 74 valence electrons. The maximum atomic E-state index is 9.67. The lowest BCUT2D eigenvalue weighted by Crippen LogP contribution is -1.79. The minimum absolute atomic E-state index is 0.309. The third-order valence-corrected chi connectivity index (χ3v) is 2.36. The second-order valence-corrected chi connectivity index (χ2v) is 3.34. The van der Waals surface area contributed by atoms with Gasteiger partial charge in [-0.2, -0.15) is 0 Å². The van der Waals surface area contributed by atoms with E-state index in [0.717, 1.165) is 16.7 Å². The lowest BCUT2D eigenvalue weighted by molar-refractivity contribution is 0.477. The van der Waals surface area contributed by atoms with Crippen molar-refractivity contribution in [3.63, 3.8) is 0 Å². The average Bonchev–Trinajstić information content (AvgIpc) is 2.30. The Kier molecular flexibility index (Phi) is 2.55. The Hall–Kier alpha value is -2.02. The molecule has 0 aliphatic carbocycles. The zero-order valence-electron chi connectivity index (χ0n) is 8.35. The summed E-state index contributed by atoms with van der Waals surface area (Å²) in [5.74, 6) is 0.309. The number of hydrogen-bond acceptors (Lipinski definition) is 1. The molecule has 2 aromatic rings. The van der Waals surface area contributed by atoms with E-state index in [4.69, 9.17) is 0 Å². The average molecular weight is 196 g/mol. The molecule has 0 radical (unpaired) electrons. The normalized spacial score (nSPS) is 9.87. The number of phenols is 1. The van der Waals surface area contributed by atoms with Gasteiger partial charge in [0.15, 0.2) is 0 Å². The Balaban J connectivity index is 2.46. The first-order chi connectivity index (χ1) is 7.31. The molecule has 0 bridgehead atoms. The van der Waals surface area contributed by atoms with E-state index in [1.54, 1.807) is 12.1 Å². The van der Waals surface area contributed by atoms with Crippen molar-refractivity contribution in [3.05, 3.63) is 60.7 Å². The molecule has 0 saturated heterocycles. The van der Waals surface area contributed by atoms with Crippen LogP contribution in [0.2, 0.25) is 0 Å². The van der Waals surface area contributed by atoms with Gasteiger partial charge in [-0.3, -0.25) is 0 Å². The molecule has 0 aliphatic heterocycles. The van der Waals surface area contributed by atoms with E-state index in [0.29, 0.717) is 5.75 Å². The Labute approximate surface area is 89.3 Å². The Morgan fingerprint density at radius 1 is 0.933 bits per heavy atom. The molecule has 15 heavy (non-hydrogen) atoms. The van der Waals surface area contributed by atoms with Crippen molar-refractivity contribution < 1.29 is 5.11 Å². The molecular formula is C14H12O. The third kappa shape index (κ3) is 1.91. The van der Waals surface area contributed by atoms with Gasteiger partial charge in [-0.05, 0) is 17.2 Å². The van der Waals surface area contributed by atoms with Crippen molar-refractivity contribution >= 4 is 6.08 Å². The van der Waals surface area contributed by atoms with Gasteiger partial charge in [0.05, 0.1) is 0 Å². The third-order valence-electron chi connectivity index (χ3n) is 2.36. The first-order valence-electron chi connectivity index (χ1n) is 4.82. The first kappa shape index (κ1) is 9.53. The summed E-state index contributed by atoms with van der Waals surface area (Å²) >= 11 is 0. The van der Waals surface area contributed by atoms with Gasteiger partial charge < -0.3 is 5.11 Å². The number of para-hydroxylation sites is 1. The number of rotatable bonds is 2. The maximum absolute atomic E-state index is 9.67. The van der Waals surface area contributed by atoms with E-state index in [2.05, 4.69) is 6.58 Å². The highest BCUT2D eigenvalue weighted by molar-refractivity contribution is 5.70. The second kappa shape index (κ2) is 4.01. The fraction of sp³-hybridized carbons (Fsp3) is 0. The molecule has 1 N–H and O–H groups in total. The van der Waals surface area contributed by atoms with Crippen LogP contribution in [0.1, 0.15) is 5.56 Å². The zero-order chi connectivity index (χ0) is 10.7. The Morgan fingerprint density at radius 2 is 1.60 bits per heavy atom. The van der Waals surface area contributed by atoms with Gasteiger partial charge in [0.25, 0.3) is 0 Å². The van der Waals surface area contributed by atoms with Gasteiger partial charge in [-0.1, -0.05) is 55.1 Å². The minimum Gasteiger partial charge on any atom is -0.507 e. The van der Waals surface area contributed by atoms with E-state index < -0.39 is 0 Å². The Morgan fingerprint density at radius 3 is 2.20 bits per heavy atom. The topological polar surface area (TPSA) is 20.2 Å². The monoisotopic (exact) mass is 196 g/mol. The summed E-state index contributed by atoms with van der Waals surface area (Å²) in [6, 6.07) is 15.2. The van der Waals surface area contributed by atoms with Crippen LogP contribution in [0.15, 0.2) is 55.1 Å². The second-order valence-electron chi connectivity index (χ2n) is 3.34. The highest BCUT2D eigenvalue weighted by Gasteiger charge is 2.01.